The van der Waals surface area contributed by atoms with Crippen molar-refractivity contribution in [1.82, 2.24) is 4.72 Å². The molecule has 0 aliphatic rings. The number of ether oxygens (including phenoxy) is 1. The quantitative estimate of drug-likeness (QED) is 0.528. The molecular weight excluding hydrogens is 296 g/mol. The van der Waals surface area contributed by atoms with Crippen LogP contribution in [0.15, 0.2) is 24.3 Å². The molecule has 0 unspecified atom stereocenters. The van der Waals surface area contributed by atoms with Crippen molar-refractivity contribution < 1.29 is 13.2 Å². The lowest BCUT2D eigenvalue weighted by molar-refractivity contribution is 0.193. The van der Waals surface area contributed by atoms with Crippen LogP contribution in [0.4, 0.5) is 0 Å². The van der Waals surface area contributed by atoms with Crippen LogP contribution in [0.5, 0.6) is 0 Å². The van der Waals surface area contributed by atoms with Gasteiger partial charge in [0, 0.05) is 25.8 Å². The van der Waals surface area contributed by atoms with Crippen molar-refractivity contribution in [1.29, 1.82) is 0 Å². The lowest BCUT2D eigenvalue weighted by Crippen LogP contribution is -2.27. The normalized spacial score (nSPS) is 11.4. The minimum absolute atomic E-state index is 0.120. The summed E-state index contributed by atoms with van der Waals surface area (Å²) in [4.78, 5) is 0.205. The Balaban J connectivity index is 2.60. The van der Waals surface area contributed by atoms with Gasteiger partial charge in [-0.1, -0.05) is 36.5 Å². The maximum absolute atomic E-state index is 12.0. The zero-order chi connectivity index (χ0) is 15.0. The molecule has 5 nitrogen and oxygen atoms in total. The Morgan fingerprint density at radius 2 is 2.05 bits per heavy atom. The van der Waals surface area contributed by atoms with Crippen molar-refractivity contribution in [2.24, 2.45) is 5.73 Å². The zero-order valence-corrected chi connectivity index (χ0v) is 13.1. The Labute approximate surface area is 125 Å². The molecule has 112 valence electrons. The van der Waals surface area contributed by atoms with Gasteiger partial charge in [-0.15, -0.1) is 0 Å². The van der Waals surface area contributed by atoms with Crippen LogP contribution in [-0.4, -0.2) is 33.7 Å². The highest BCUT2D eigenvalue weighted by Gasteiger charge is 2.14. The molecule has 0 heterocycles. The number of hydrogen-bond donors (Lipinski definition) is 2. The molecule has 0 saturated heterocycles. The van der Waals surface area contributed by atoms with Crippen molar-refractivity contribution in [2.75, 3.05) is 20.3 Å². The first kappa shape index (κ1) is 17.0. The van der Waals surface area contributed by atoms with Gasteiger partial charge in [-0.3, -0.25) is 0 Å². The molecule has 0 aliphatic heterocycles. The standard InChI is InChI=1S/C13H20N2O3S2/c1-18-9-5-4-8-15-20(16,17)10-11-6-2-3-7-12(11)13(14)19/h2-3,6-7,15H,4-5,8-10H2,1H3,(H2,14,19). The van der Waals surface area contributed by atoms with Crippen LogP contribution < -0.4 is 10.5 Å². The van der Waals surface area contributed by atoms with E-state index in [0.29, 0.717) is 24.3 Å². The molecular formula is C13H20N2O3S2. The number of nitrogens with one attached hydrogen (secondary N) is 1. The van der Waals surface area contributed by atoms with E-state index in [1.165, 1.54) is 0 Å². The van der Waals surface area contributed by atoms with Gasteiger partial charge in [-0.05, 0) is 18.4 Å². The highest BCUT2D eigenvalue weighted by atomic mass is 32.2. The Kier molecular flexibility index (Phi) is 7.08. The highest BCUT2D eigenvalue weighted by molar-refractivity contribution is 7.88. The molecule has 0 bridgehead atoms. The first-order valence-electron chi connectivity index (χ1n) is 6.30. The van der Waals surface area contributed by atoms with Crippen LogP contribution in [0.3, 0.4) is 0 Å². The van der Waals surface area contributed by atoms with Crippen molar-refractivity contribution in [2.45, 2.75) is 18.6 Å². The van der Waals surface area contributed by atoms with Crippen molar-refractivity contribution in [3.05, 3.63) is 35.4 Å². The highest BCUT2D eigenvalue weighted by Crippen LogP contribution is 2.12. The summed E-state index contributed by atoms with van der Waals surface area (Å²) in [5.74, 6) is -0.120. The van der Waals surface area contributed by atoms with Gasteiger partial charge >= 0.3 is 0 Å². The van der Waals surface area contributed by atoms with Gasteiger partial charge in [0.1, 0.15) is 4.99 Å². The first-order chi connectivity index (χ1) is 9.46. The van der Waals surface area contributed by atoms with Gasteiger partial charge in [0.2, 0.25) is 10.0 Å². The number of methoxy groups -OCH3 is 1. The van der Waals surface area contributed by atoms with Gasteiger partial charge in [0.25, 0.3) is 0 Å². The average Bonchev–Trinajstić information content (AvgIpc) is 2.38. The molecule has 0 aromatic heterocycles. The van der Waals surface area contributed by atoms with E-state index in [2.05, 4.69) is 4.72 Å². The third kappa shape index (κ3) is 5.96. The van der Waals surface area contributed by atoms with Crippen LogP contribution in [0.1, 0.15) is 24.0 Å². The zero-order valence-electron chi connectivity index (χ0n) is 11.5. The van der Waals surface area contributed by atoms with Crippen molar-refractivity contribution in [3.8, 4) is 0 Å². The lowest BCUT2D eigenvalue weighted by atomic mass is 10.1. The fourth-order valence-corrected chi connectivity index (χ4v) is 3.16. The van der Waals surface area contributed by atoms with E-state index in [9.17, 15) is 8.42 Å². The molecule has 7 heteroatoms. The van der Waals surface area contributed by atoms with E-state index >= 15 is 0 Å². The fourth-order valence-electron chi connectivity index (χ4n) is 1.74. The minimum Gasteiger partial charge on any atom is -0.389 e. The maximum atomic E-state index is 12.0. The summed E-state index contributed by atoms with van der Waals surface area (Å²) in [6.07, 6.45) is 1.56. The van der Waals surface area contributed by atoms with Gasteiger partial charge in [-0.25, -0.2) is 13.1 Å². The van der Waals surface area contributed by atoms with E-state index in [1.54, 1.807) is 31.4 Å². The van der Waals surface area contributed by atoms with Gasteiger partial charge in [0.15, 0.2) is 0 Å². The summed E-state index contributed by atoms with van der Waals surface area (Å²) in [6.45, 7) is 1.03. The molecule has 0 spiro atoms. The van der Waals surface area contributed by atoms with Crippen LogP contribution in [0.2, 0.25) is 0 Å². The summed E-state index contributed by atoms with van der Waals surface area (Å²) < 4.78 is 31.4. The molecule has 0 radical (unpaired) electrons. The number of benzene rings is 1. The molecule has 0 aliphatic carbocycles. The first-order valence-corrected chi connectivity index (χ1v) is 8.36. The Morgan fingerprint density at radius 1 is 1.35 bits per heavy atom. The molecule has 20 heavy (non-hydrogen) atoms. The smallest absolute Gasteiger partial charge is 0.215 e. The Morgan fingerprint density at radius 3 is 2.70 bits per heavy atom. The van der Waals surface area contributed by atoms with Gasteiger partial charge in [0.05, 0.1) is 5.75 Å². The SMILES string of the molecule is COCCCCNS(=O)(=O)Cc1ccccc1C(N)=S. The summed E-state index contributed by atoms with van der Waals surface area (Å²) in [5, 5.41) is 0. The van der Waals surface area contributed by atoms with Crippen LogP contribution >= 0.6 is 12.2 Å². The molecule has 3 N–H and O–H groups in total. The summed E-state index contributed by atoms with van der Waals surface area (Å²) in [5.41, 5.74) is 6.81. The fraction of sp³-hybridized carbons (Fsp3) is 0.462. The molecule has 0 atom stereocenters. The van der Waals surface area contributed by atoms with Crippen LogP contribution in [0.25, 0.3) is 0 Å². The summed E-state index contributed by atoms with van der Waals surface area (Å²) in [6, 6.07) is 7.00. The second kappa shape index (κ2) is 8.31. The van der Waals surface area contributed by atoms with Gasteiger partial charge < -0.3 is 10.5 Å². The van der Waals surface area contributed by atoms with Crippen molar-refractivity contribution >= 4 is 27.2 Å². The molecule has 1 aromatic carbocycles. The third-order valence-electron chi connectivity index (χ3n) is 2.73. The van der Waals surface area contributed by atoms with E-state index in [1.807, 2.05) is 0 Å². The second-order valence-electron chi connectivity index (χ2n) is 4.37. The Bertz CT molecular complexity index is 544. The molecule has 0 amide bonds. The molecule has 1 rings (SSSR count). The van der Waals surface area contributed by atoms with E-state index in [4.69, 9.17) is 22.7 Å². The number of thiocarbonyl (C=S) groups is 1. The molecule has 0 fully saturated rings. The lowest BCUT2D eigenvalue weighted by Gasteiger charge is -2.10. The summed E-state index contributed by atoms with van der Waals surface area (Å²) >= 11 is 4.92. The van der Waals surface area contributed by atoms with Crippen LogP contribution in [-0.2, 0) is 20.5 Å². The van der Waals surface area contributed by atoms with Crippen molar-refractivity contribution in [3.63, 3.8) is 0 Å². The largest absolute Gasteiger partial charge is 0.389 e. The number of nitrogens with two attached hydrogens (primary N) is 1. The predicted molar refractivity (Wildman–Crippen MR) is 84.1 cm³/mol. The van der Waals surface area contributed by atoms with E-state index in [0.717, 1.165) is 12.8 Å². The second-order valence-corrected chi connectivity index (χ2v) is 6.62. The maximum Gasteiger partial charge on any atom is 0.215 e. The molecule has 1 aromatic rings. The number of unbranched alkanes of at least 4 members (excludes halogenated alkanes) is 1. The number of rotatable bonds is 9. The average molecular weight is 316 g/mol. The summed E-state index contributed by atoms with van der Waals surface area (Å²) in [7, 11) is -1.76. The number of sulfonamides is 1. The number of hydrogen-bond acceptors (Lipinski definition) is 4. The van der Waals surface area contributed by atoms with Gasteiger partial charge in [-0.2, -0.15) is 0 Å². The van der Waals surface area contributed by atoms with Crippen LogP contribution in [0, 0.1) is 0 Å². The Hall–Kier alpha value is -1.02. The monoisotopic (exact) mass is 316 g/mol. The van der Waals surface area contributed by atoms with E-state index < -0.39 is 10.0 Å². The molecule has 0 saturated carbocycles. The van der Waals surface area contributed by atoms with E-state index in [-0.39, 0.29) is 10.7 Å². The third-order valence-corrected chi connectivity index (χ3v) is 4.28. The predicted octanol–water partition coefficient (Wildman–Crippen LogP) is 1.17. The minimum atomic E-state index is -3.38. The topological polar surface area (TPSA) is 81.4 Å².